The van der Waals surface area contributed by atoms with Crippen molar-refractivity contribution in [2.75, 3.05) is 18.5 Å². The standard InChI is InChI=1S/C16H17N3O2/c1-3-20-15-8-7-12(10-16(15)21-4-2)19-13-6-5-9-18-14(13)11-17/h5-10,19H,3-4H2,1-2H3. The number of anilines is 2. The van der Waals surface area contributed by atoms with Gasteiger partial charge >= 0.3 is 0 Å². The Morgan fingerprint density at radius 1 is 1.14 bits per heavy atom. The summed E-state index contributed by atoms with van der Waals surface area (Å²) in [7, 11) is 0. The Morgan fingerprint density at radius 3 is 2.62 bits per heavy atom. The molecule has 0 aliphatic carbocycles. The van der Waals surface area contributed by atoms with Gasteiger partial charge in [-0.1, -0.05) is 0 Å². The summed E-state index contributed by atoms with van der Waals surface area (Å²) < 4.78 is 11.1. The van der Waals surface area contributed by atoms with Crippen LogP contribution in [0.3, 0.4) is 0 Å². The molecular weight excluding hydrogens is 266 g/mol. The van der Waals surface area contributed by atoms with E-state index in [0.717, 1.165) is 5.69 Å². The second-order valence-electron chi connectivity index (χ2n) is 4.16. The first-order chi connectivity index (χ1) is 10.3. The quantitative estimate of drug-likeness (QED) is 0.879. The number of hydrogen-bond acceptors (Lipinski definition) is 5. The van der Waals surface area contributed by atoms with Gasteiger partial charge in [-0.25, -0.2) is 4.98 Å². The first-order valence-electron chi connectivity index (χ1n) is 6.80. The van der Waals surface area contributed by atoms with E-state index in [1.165, 1.54) is 0 Å². The van der Waals surface area contributed by atoms with Gasteiger partial charge in [0.2, 0.25) is 0 Å². The minimum Gasteiger partial charge on any atom is -0.490 e. The first-order valence-corrected chi connectivity index (χ1v) is 6.80. The third-order valence-electron chi connectivity index (χ3n) is 2.74. The highest BCUT2D eigenvalue weighted by atomic mass is 16.5. The average Bonchev–Trinajstić information content (AvgIpc) is 2.51. The monoisotopic (exact) mass is 283 g/mol. The summed E-state index contributed by atoms with van der Waals surface area (Å²) in [5.41, 5.74) is 1.82. The molecular formula is C16H17N3O2. The summed E-state index contributed by atoms with van der Waals surface area (Å²) in [6.45, 7) is 4.98. The highest BCUT2D eigenvalue weighted by Crippen LogP contribution is 2.32. The van der Waals surface area contributed by atoms with Crippen LogP contribution in [-0.2, 0) is 0 Å². The van der Waals surface area contributed by atoms with Gasteiger partial charge in [-0.05, 0) is 38.1 Å². The molecule has 1 aromatic carbocycles. The molecule has 0 aliphatic rings. The summed E-state index contributed by atoms with van der Waals surface area (Å²) in [6.07, 6.45) is 1.59. The SMILES string of the molecule is CCOc1ccc(Nc2cccnc2C#N)cc1OCC. The maximum Gasteiger partial charge on any atom is 0.163 e. The molecule has 0 fully saturated rings. The lowest BCUT2D eigenvalue weighted by Gasteiger charge is -2.13. The maximum atomic E-state index is 9.05. The number of nitriles is 1. The van der Waals surface area contributed by atoms with Gasteiger partial charge in [0.05, 0.1) is 18.9 Å². The van der Waals surface area contributed by atoms with E-state index >= 15 is 0 Å². The van der Waals surface area contributed by atoms with Crippen LogP contribution in [0.2, 0.25) is 0 Å². The first kappa shape index (κ1) is 14.7. The molecule has 0 unspecified atom stereocenters. The second-order valence-corrected chi connectivity index (χ2v) is 4.16. The topological polar surface area (TPSA) is 67.2 Å². The van der Waals surface area contributed by atoms with Gasteiger partial charge in [0.15, 0.2) is 17.2 Å². The number of nitrogens with one attached hydrogen (secondary N) is 1. The fourth-order valence-electron chi connectivity index (χ4n) is 1.88. The van der Waals surface area contributed by atoms with Crippen LogP contribution in [-0.4, -0.2) is 18.2 Å². The van der Waals surface area contributed by atoms with E-state index in [0.29, 0.717) is 36.1 Å². The summed E-state index contributed by atoms with van der Waals surface area (Å²) in [5.74, 6) is 1.38. The number of hydrogen-bond donors (Lipinski definition) is 1. The largest absolute Gasteiger partial charge is 0.490 e. The minimum absolute atomic E-state index is 0.351. The molecule has 0 aliphatic heterocycles. The zero-order valence-corrected chi connectivity index (χ0v) is 12.1. The van der Waals surface area contributed by atoms with Crippen LogP contribution in [0.25, 0.3) is 0 Å². The molecule has 0 radical (unpaired) electrons. The Kier molecular flexibility index (Phi) is 4.99. The van der Waals surface area contributed by atoms with E-state index in [4.69, 9.17) is 14.7 Å². The smallest absolute Gasteiger partial charge is 0.163 e. The fourth-order valence-corrected chi connectivity index (χ4v) is 1.88. The molecule has 0 spiro atoms. The molecule has 0 atom stereocenters. The van der Waals surface area contributed by atoms with E-state index < -0.39 is 0 Å². The van der Waals surface area contributed by atoms with Gasteiger partial charge in [0.1, 0.15) is 6.07 Å². The van der Waals surface area contributed by atoms with Crippen molar-refractivity contribution in [3.63, 3.8) is 0 Å². The lowest BCUT2D eigenvalue weighted by atomic mass is 10.2. The van der Waals surface area contributed by atoms with Gasteiger partial charge in [0.25, 0.3) is 0 Å². The molecule has 21 heavy (non-hydrogen) atoms. The van der Waals surface area contributed by atoms with Crippen LogP contribution >= 0.6 is 0 Å². The Bertz CT molecular complexity index is 650. The van der Waals surface area contributed by atoms with E-state index in [1.54, 1.807) is 12.3 Å². The molecule has 0 saturated heterocycles. The van der Waals surface area contributed by atoms with Crippen molar-refractivity contribution in [2.45, 2.75) is 13.8 Å². The summed E-state index contributed by atoms with van der Waals surface area (Å²) in [4.78, 5) is 4.02. The number of ether oxygens (including phenoxy) is 2. The predicted octanol–water partition coefficient (Wildman–Crippen LogP) is 3.49. The third kappa shape index (κ3) is 3.63. The predicted molar refractivity (Wildman–Crippen MR) is 81.0 cm³/mol. The van der Waals surface area contributed by atoms with Gasteiger partial charge in [0, 0.05) is 18.0 Å². The number of rotatable bonds is 6. The average molecular weight is 283 g/mol. The van der Waals surface area contributed by atoms with E-state index in [1.807, 2.05) is 38.1 Å². The van der Waals surface area contributed by atoms with Crippen molar-refractivity contribution in [3.8, 4) is 17.6 Å². The Balaban J connectivity index is 2.28. The molecule has 1 heterocycles. The molecule has 5 nitrogen and oxygen atoms in total. The molecule has 1 N–H and O–H groups in total. The highest BCUT2D eigenvalue weighted by Gasteiger charge is 2.08. The summed E-state index contributed by atoms with van der Waals surface area (Å²) >= 11 is 0. The van der Waals surface area contributed by atoms with Crippen molar-refractivity contribution in [1.29, 1.82) is 5.26 Å². The van der Waals surface area contributed by atoms with Crippen LogP contribution in [0.15, 0.2) is 36.5 Å². The summed E-state index contributed by atoms with van der Waals surface area (Å²) in [6, 6.07) is 11.2. The van der Waals surface area contributed by atoms with Gasteiger partial charge in [-0.15, -0.1) is 0 Å². The molecule has 0 bridgehead atoms. The number of aromatic nitrogens is 1. The molecule has 5 heteroatoms. The maximum absolute atomic E-state index is 9.05. The zero-order valence-electron chi connectivity index (χ0n) is 12.1. The Labute approximate surface area is 124 Å². The highest BCUT2D eigenvalue weighted by molar-refractivity contribution is 5.66. The number of benzene rings is 1. The number of nitrogens with zero attached hydrogens (tertiary/aromatic N) is 2. The molecule has 1 aromatic heterocycles. The van der Waals surface area contributed by atoms with Crippen molar-refractivity contribution >= 4 is 11.4 Å². The van der Waals surface area contributed by atoms with E-state index in [2.05, 4.69) is 16.4 Å². The zero-order chi connectivity index (χ0) is 15.1. The van der Waals surface area contributed by atoms with Crippen LogP contribution < -0.4 is 14.8 Å². The van der Waals surface area contributed by atoms with Crippen molar-refractivity contribution in [3.05, 3.63) is 42.2 Å². The van der Waals surface area contributed by atoms with Crippen molar-refractivity contribution < 1.29 is 9.47 Å². The lowest BCUT2D eigenvalue weighted by Crippen LogP contribution is -2.00. The molecule has 2 rings (SSSR count). The molecule has 2 aromatic rings. The summed E-state index contributed by atoms with van der Waals surface area (Å²) in [5, 5.41) is 12.2. The molecule has 0 saturated carbocycles. The number of pyridine rings is 1. The van der Waals surface area contributed by atoms with Crippen molar-refractivity contribution in [2.24, 2.45) is 0 Å². The van der Waals surface area contributed by atoms with Gasteiger partial charge < -0.3 is 14.8 Å². The Morgan fingerprint density at radius 2 is 1.90 bits per heavy atom. The normalized spacial score (nSPS) is 9.76. The Hall–Kier alpha value is -2.74. The second kappa shape index (κ2) is 7.15. The molecule has 0 amide bonds. The van der Waals surface area contributed by atoms with E-state index in [9.17, 15) is 0 Å². The van der Waals surface area contributed by atoms with E-state index in [-0.39, 0.29) is 0 Å². The van der Waals surface area contributed by atoms with Gasteiger partial charge in [-0.2, -0.15) is 5.26 Å². The van der Waals surface area contributed by atoms with Crippen molar-refractivity contribution in [1.82, 2.24) is 4.98 Å². The van der Waals surface area contributed by atoms with Crippen LogP contribution in [0.4, 0.5) is 11.4 Å². The molecule has 108 valence electrons. The van der Waals surface area contributed by atoms with Crippen LogP contribution in [0, 0.1) is 11.3 Å². The third-order valence-corrected chi connectivity index (χ3v) is 2.74. The van der Waals surface area contributed by atoms with Crippen LogP contribution in [0.5, 0.6) is 11.5 Å². The lowest BCUT2D eigenvalue weighted by molar-refractivity contribution is 0.288. The van der Waals surface area contributed by atoms with Crippen LogP contribution in [0.1, 0.15) is 19.5 Å². The minimum atomic E-state index is 0.351. The fraction of sp³-hybridized carbons (Fsp3) is 0.250. The van der Waals surface area contributed by atoms with Gasteiger partial charge in [-0.3, -0.25) is 0 Å².